The molecule has 3 rings (SSSR count). The van der Waals surface area contributed by atoms with Crippen LogP contribution in [-0.4, -0.2) is 40.0 Å². The van der Waals surface area contributed by atoms with Crippen molar-refractivity contribution in [3.05, 3.63) is 42.2 Å². The quantitative estimate of drug-likeness (QED) is 0.902. The average Bonchev–Trinajstić information content (AvgIpc) is 2.89. The lowest BCUT2D eigenvalue weighted by Crippen LogP contribution is -2.58. The molecule has 0 spiro atoms. The van der Waals surface area contributed by atoms with Crippen LogP contribution in [0.3, 0.4) is 0 Å². The van der Waals surface area contributed by atoms with Crippen molar-refractivity contribution < 1.29 is 13.6 Å². The number of hydrogen-bond acceptors (Lipinski definition) is 2. The second-order valence-electron chi connectivity index (χ2n) is 4.58. The molecule has 1 N–H and O–H groups in total. The lowest BCUT2D eigenvalue weighted by atomic mass is 10.0. The van der Waals surface area contributed by atoms with Crippen LogP contribution in [0.5, 0.6) is 0 Å². The standard InChI is InChI=1S/C13H11F2N3O/c14-13(15)7-18(8-13)12(19)10-3-1-9(2-4-10)11-5-16-17-6-11/h1-6H,7-8H2,(H,16,17). The molecular weight excluding hydrogens is 252 g/mol. The van der Waals surface area contributed by atoms with Crippen molar-refractivity contribution in [1.82, 2.24) is 15.1 Å². The van der Waals surface area contributed by atoms with Gasteiger partial charge < -0.3 is 4.90 Å². The van der Waals surface area contributed by atoms with E-state index in [9.17, 15) is 13.6 Å². The molecule has 1 saturated heterocycles. The summed E-state index contributed by atoms with van der Waals surface area (Å²) in [6, 6.07) is 6.83. The maximum absolute atomic E-state index is 12.7. The minimum Gasteiger partial charge on any atom is -0.326 e. The molecule has 1 aromatic heterocycles. The normalized spacial score (nSPS) is 17.1. The Morgan fingerprint density at radius 3 is 2.42 bits per heavy atom. The average molecular weight is 263 g/mol. The highest BCUT2D eigenvalue weighted by Gasteiger charge is 2.46. The van der Waals surface area contributed by atoms with Crippen molar-refractivity contribution in [2.75, 3.05) is 13.1 Å². The molecule has 1 aromatic carbocycles. The molecule has 4 nitrogen and oxygen atoms in total. The first-order chi connectivity index (χ1) is 9.05. The molecular formula is C13H11F2N3O. The van der Waals surface area contributed by atoms with Crippen molar-refractivity contribution in [2.45, 2.75) is 5.92 Å². The predicted octanol–water partition coefficient (Wildman–Crippen LogP) is 2.17. The Bertz CT molecular complexity index is 585. The minimum atomic E-state index is -2.73. The predicted molar refractivity (Wildman–Crippen MR) is 64.9 cm³/mol. The highest BCUT2D eigenvalue weighted by atomic mass is 19.3. The van der Waals surface area contributed by atoms with Crippen molar-refractivity contribution in [1.29, 1.82) is 0 Å². The molecule has 6 heteroatoms. The number of carbonyl (C=O) groups excluding carboxylic acids is 1. The molecule has 0 radical (unpaired) electrons. The van der Waals surface area contributed by atoms with Gasteiger partial charge in [0.25, 0.3) is 11.8 Å². The third-order valence-corrected chi connectivity index (χ3v) is 3.09. The zero-order chi connectivity index (χ0) is 13.5. The fraction of sp³-hybridized carbons (Fsp3) is 0.231. The fourth-order valence-corrected chi connectivity index (χ4v) is 2.05. The Kier molecular flexibility index (Phi) is 2.58. The van der Waals surface area contributed by atoms with Gasteiger partial charge in [0.05, 0.1) is 19.3 Å². The Balaban J connectivity index is 1.75. The summed E-state index contributed by atoms with van der Waals surface area (Å²) in [5, 5.41) is 6.54. The zero-order valence-electron chi connectivity index (χ0n) is 9.94. The SMILES string of the molecule is O=C(c1ccc(-c2cn[nH]c2)cc1)N1CC(F)(F)C1. The molecule has 98 valence electrons. The Morgan fingerprint density at radius 2 is 1.89 bits per heavy atom. The van der Waals surface area contributed by atoms with E-state index in [2.05, 4.69) is 10.2 Å². The number of likely N-dealkylation sites (tertiary alicyclic amines) is 1. The summed E-state index contributed by atoms with van der Waals surface area (Å²) in [4.78, 5) is 13.0. The van der Waals surface area contributed by atoms with E-state index < -0.39 is 19.0 Å². The summed E-state index contributed by atoms with van der Waals surface area (Å²) in [6.07, 6.45) is 3.42. The van der Waals surface area contributed by atoms with E-state index in [-0.39, 0.29) is 5.91 Å². The molecule has 1 aliphatic heterocycles. The van der Waals surface area contributed by atoms with Gasteiger partial charge in [-0.15, -0.1) is 0 Å². The summed E-state index contributed by atoms with van der Waals surface area (Å²) in [5.74, 6) is -3.09. The first-order valence-corrected chi connectivity index (χ1v) is 5.81. The maximum Gasteiger partial charge on any atom is 0.282 e. The second kappa shape index (κ2) is 4.15. The van der Waals surface area contributed by atoms with Gasteiger partial charge in [-0.05, 0) is 17.7 Å². The van der Waals surface area contributed by atoms with Crippen LogP contribution in [0.2, 0.25) is 0 Å². The lowest BCUT2D eigenvalue weighted by molar-refractivity contribution is -0.113. The second-order valence-corrected chi connectivity index (χ2v) is 4.58. The van der Waals surface area contributed by atoms with Gasteiger partial charge in [0.15, 0.2) is 0 Å². The molecule has 1 amide bonds. The Labute approximate surface area is 108 Å². The van der Waals surface area contributed by atoms with Gasteiger partial charge in [-0.2, -0.15) is 5.10 Å². The van der Waals surface area contributed by atoms with Gasteiger partial charge in [-0.3, -0.25) is 9.89 Å². The number of aromatic amines is 1. The highest BCUT2D eigenvalue weighted by molar-refractivity contribution is 5.95. The van der Waals surface area contributed by atoms with Crippen LogP contribution < -0.4 is 0 Å². The number of nitrogens with zero attached hydrogens (tertiary/aromatic N) is 2. The third kappa shape index (κ3) is 2.21. The van der Waals surface area contributed by atoms with Crippen LogP contribution in [0.25, 0.3) is 11.1 Å². The van der Waals surface area contributed by atoms with Gasteiger partial charge >= 0.3 is 0 Å². The number of H-pyrrole nitrogens is 1. The summed E-state index contributed by atoms with van der Waals surface area (Å²) < 4.78 is 25.4. The zero-order valence-corrected chi connectivity index (χ0v) is 9.94. The molecule has 1 aliphatic rings. The van der Waals surface area contributed by atoms with Gasteiger partial charge in [-0.25, -0.2) is 8.78 Å². The van der Waals surface area contributed by atoms with Gasteiger partial charge in [-0.1, -0.05) is 12.1 Å². The number of alkyl halides is 2. The number of nitrogens with one attached hydrogen (secondary N) is 1. The van der Waals surface area contributed by atoms with Crippen molar-refractivity contribution in [2.24, 2.45) is 0 Å². The number of amides is 1. The summed E-state index contributed by atoms with van der Waals surface area (Å²) in [5.41, 5.74) is 2.25. The number of rotatable bonds is 2. The first kappa shape index (κ1) is 11.8. The molecule has 2 heterocycles. The largest absolute Gasteiger partial charge is 0.326 e. The number of halogens is 2. The van der Waals surface area contributed by atoms with E-state index in [1.54, 1.807) is 36.7 Å². The summed E-state index contributed by atoms with van der Waals surface area (Å²) >= 11 is 0. The third-order valence-electron chi connectivity index (χ3n) is 3.09. The van der Waals surface area contributed by atoms with Crippen LogP contribution in [0.4, 0.5) is 8.78 Å². The molecule has 0 bridgehead atoms. The van der Waals surface area contributed by atoms with Crippen LogP contribution in [0.1, 0.15) is 10.4 Å². The van der Waals surface area contributed by atoms with Crippen LogP contribution in [0, 0.1) is 0 Å². The molecule has 0 unspecified atom stereocenters. The van der Waals surface area contributed by atoms with E-state index >= 15 is 0 Å². The van der Waals surface area contributed by atoms with Crippen LogP contribution >= 0.6 is 0 Å². The van der Waals surface area contributed by atoms with E-state index in [0.29, 0.717) is 5.56 Å². The highest BCUT2D eigenvalue weighted by Crippen LogP contribution is 2.28. The maximum atomic E-state index is 12.7. The number of aromatic nitrogens is 2. The Morgan fingerprint density at radius 1 is 1.21 bits per heavy atom. The summed E-state index contributed by atoms with van der Waals surface area (Å²) in [6.45, 7) is -0.982. The van der Waals surface area contributed by atoms with Gasteiger partial charge in [0.1, 0.15) is 0 Å². The first-order valence-electron chi connectivity index (χ1n) is 5.81. The molecule has 1 fully saturated rings. The Hall–Kier alpha value is -2.24. The number of hydrogen-bond donors (Lipinski definition) is 1. The molecule has 2 aromatic rings. The number of carbonyl (C=O) groups is 1. The smallest absolute Gasteiger partial charge is 0.282 e. The van der Waals surface area contributed by atoms with Gasteiger partial charge in [0, 0.05) is 17.3 Å². The molecule has 0 atom stereocenters. The summed E-state index contributed by atoms with van der Waals surface area (Å²) in [7, 11) is 0. The van der Waals surface area contributed by atoms with E-state index in [0.717, 1.165) is 16.0 Å². The van der Waals surface area contributed by atoms with Crippen LogP contribution in [0.15, 0.2) is 36.7 Å². The lowest BCUT2D eigenvalue weighted by Gasteiger charge is -2.38. The molecule has 0 saturated carbocycles. The van der Waals surface area contributed by atoms with Crippen molar-refractivity contribution in [3.8, 4) is 11.1 Å². The monoisotopic (exact) mass is 263 g/mol. The van der Waals surface area contributed by atoms with Gasteiger partial charge in [0.2, 0.25) is 0 Å². The molecule has 19 heavy (non-hydrogen) atoms. The fourth-order valence-electron chi connectivity index (χ4n) is 2.05. The van der Waals surface area contributed by atoms with Crippen molar-refractivity contribution >= 4 is 5.91 Å². The van der Waals surface area contributed by atoms with E-state index in [1.165, 1.54) is 0 Å². The number of benzene rings is 1. The van der Waals surface area contributed by atoms with Crippen LogP contribution in [-0.2, 0) is 0 Å². The van der Waals surface area contributed by atoms with Crippen molar-refractivity contribution in [3.63, 3.8) is 0 Å². The topological polar surface area (TPSA) is 49.0 Å². The minimum absolute atomic E-state index is 0.357. The molecule has 0 aliphatic carbocycles. The van der Waals surface area contributed by atoms with E-state index in [4.69, 9.17) is 0 Å². The van der Waals surface area contributed by atoms with E-state index in [1.807, 2.05) is 0 Å².